The number of rotatable bonds is 1. The molecule has 1 aromatic carbocycles. The van der Waals surface area contributed by atoms with E-state index in [1.807, 2.05) is 0 Å². The third-order valence-corrected chi connectivity index (χ3v) is 2.74. The van der Waals surface area contributed by atoms with Gasteiger partial charge in [0.15, 0.2) is 6.29 Å². The van der Waals surface area contributed by atoms with E-state index in [1.165, 1.54) is 6.07 Å². The standard InChI is InChI=1S/C9H8BrFO/c1-5-6(2)9(11)7(4-12)3-8(5)10/h3-4H,1-2H3. The van der Waals surface area contributed by atoms with Gasteiger partial charge in [0.25, 0.3) is 0 Å². The second kappa shape index (κ2) is 3.35. The van der Waals surface area contributed by atoms with Crippen molar-refractivity contribution in [1.82, 2.24) is 0 Å². The van der Waals surface area contributed by atoms with Crippen molar-refractivity contribution in [2.24, 2.45) is 0 Å². The van der Waals surface area contributed by atoms with Gasteiger partial charge in [0.05, 0.1) is 5.56 Å². The molecule has 0 atom stereocenters. The summed E-state index contributed by atoms with van der Waals surface area (Å²) in [5.41, 5.74) is 1.45. The quantitative estimate of drug-likeness (QED) is 0.679. The molecular formula is C9H8BrFO. The number of carbonyl (C=O) groups is 1. The van der Waals surface area contributed by atoms with Crippen molar-refractivity contribution in [3.05, 3.63) is 33.0 Å². The third kappa shape index (κ3) is 1.41. The molecule has 0 aliphatic carbocycles. The predicted octanol–water partition coefficient (Wildman–Crippen LogP) is 3.02. The van der Waals surface area contributed by atoms with Crippen LogP contribution in [0.25, 0.3) is 0 Å². The van der Waals surface area contributed by atoms with E-state index in [1.54, 1.807) is 13.8 Å². The van der Waals surface area contributed by atoms with Gasteiger partial charge < -0.3 is 0 Å². The summed E-state index contributed by atoms with van der Waals surface area (Å²) in [5.74, 6) is -0.425. The van der Waals surface area contributed by atoms with E-state index in [-0.39, 0.29) is 5.56 Å². The molecule has 1 nitrogen and oxygen atoms in total. The molecule has 0 bridgehead atoms. The summed E-state index contributed by atoms with van der Waals surface area (Å²) in [4.78, 5) is 10.4. The topological polar surface area (TPSA) is 17.1 Å². The van der Waals surface area contributed by atoms with Crippen LogP contribution in [0.1, 0.15) is 21.5 Å². The number of hydrogen-bond acceptors (Lipinski definition) is 1. The molecule has 0 aliphatic rings. The summed E-state index contributed by atoms with van der Waals surface area (Å²) < 4.78 is 14.0. The molecular weight excluding hydrogens is 223 g/mol. The SMILES string of the molecule is Cc1c(Br)cc(C=O)c(F)c1C. The Kier molecular flexibility index (Phi) is 2.62. The van der Waals surface area contributed by atoms with Crippen molar-refractivity contribution in [3.8, 4) is 0 Å². The van der Waals surface area contributed by atoms with Crippen LogP contribution in [-0.4, -0.2) is 6.29 Å². The molecule has 1 rings (SSSR count). The zero-order valence-corrected chi connectivity index (χ0v) is 8.40. The Morgan fingerprint density at radius 2 is 2.00 bits per heavy atom. The van der Waals surface area contributed by atoms with Crippen molar-refractivity contribution in [2.45, 2.75) is 13.8 Å². The zero-order valence-electron chi connectivity index (χ0n) is 6.82. The number of benzene rings is 1. The second-order valence-electron chi connectivity index (χ2n) is 2.63. The lowest BCUT2D eigenvalue weighted by molar-refractivity contribution is 0.111. The van der Waals surface area contributed by atoms with Crippen molar-refractivity contribution in [2.75, 3.05) is 0 Å². The lowest BCUT2D eigenvalue weighted by atomic mass is 10.1. The highest BCUT2D eigenvalue weighted by Crippen LogP contribution is 2.23. The first-order valence-corrected chi connectivity index (χ1v) is 4.27. The van der Waals surface area contributed by atoms with Crippen LogP contribution in [0.3, 0.4) is 0 Å². The fourth-order valence-electron chi connectivity index (χ4n) is 0.954. The third-order valence-electron chi connectivity index (χ3n) is 1.91. The van der Waals surface area contributed by atoms with Gasteiger partial charge in [-0.05, 0) is 31.0 Å². The minimum absolute atomic E-state index is 0.102. The highest BCUT2D eigenvalue weighted by atomic mass is 79.9. The molecule has 3 heteroatoms. The Morgan fingerprint density at radius 1 is 1.42 bits per heavy atom. The zero-order chi connectivity index (χ0) is 9.30. The van der Waals surface area contributed by atoms with Gasteiger partial charge in [-0.25, -0.2) is 4.39 Å². The molecule has 0 N–H and O–H groups in total. The maximum Gasteiger partial charge on any atom is 0.153 e. The molecule has 0 heterocycles. The molecule has 0 spiro atoms. The summed E-state index contributed by atoms with van der Waals surface area (Å²) in [6, 6.07) is 1.49. The van der Waals surface area contributed by atoms with Crippen LogP contribution in [0.4, 0.5) is 4.39 Å². The van der Waals surface area contributed by atoms with E-state index in [0.717, 1.165) is 10.0 Å². The van der Waals surface area contributed by atoms with E-state index in [4.69, 9.17) is 0 Å². The first kappa shape index (κ1) is 9.39. The highest BCUT2D eigenvalue weighted by Gasteiger charge is 2.09. The van der Waals surface area contributed by atoms with Gasteiger partial charge in [0.1, 0.15) is 5.82 Å². The van der Waals surface area contributed by atoms with E-state index < -0.39 is 5.82 Å². The normalized spacial score (nSPS) is 10.0. The Bertz CT molecular complexity index is 334. The van der Waals surface area contributed by atoms with Crippen molar-refractivity contribution >= 4 is 22.2 Å². The summed E-state index contributed by atoms with van der Waals surface area (Å²) in [5, 5.41) is 0. The van der Waals surface area contributed by atoms with Crippen molar-refractivity contribution in [3.63, 3.8) is 0 Å². The van der Waals surface area contributed by atoms with Crippen LogP contribution in [0, 0.1) is 19.7 Å². The van der Waals surface area contributed by atoms with Gasteiger partial charge in [-0.1, -0.05) is 15.9 Å². The van der Waals surface area contributed by atoms with Crippen LogP contribution < -0.4 is 0 Å². The van der Waals surface area contributed by atoms with Crippen LogP contribution in [0.5, 0.6) is 0 Å². The van der Waals surface area contributed by atoms with Gasteiger partial charge >= 0.3 is 0 Å². The average molecular weight is 231 g/mol. The summed E-state index contributed by atoms with van der Waals surface area (Å²) in [6.45, 7) is 3.46. The van der Waals surface area contributed by atoms with Crippen LogP contribution >= 0.6 is 15.9 Å². The maximum atomic E-state index is 13.2. The summed E-state index contributed by atoms with van der Waals surface area (Å²) in [6.07, 6.45) is 0.520. The minimum Gasteiger partial charge on any atom is -0.298 e. The van der Waals surface area contributed by atoms with Gasteiger partial charge in [-0.2, -0.15) is 0 Å². The van der Waals surface area contributed by atoms with Crippen LogP contribution in [-0.2, 0) is 0 Å². The number of halogens is 2. The molecule has 0 fully saturated rings. The largest absolute Gasteiger partial charge is 0.298 e. The van der Waals surface area contributed by atoms with E-state index in [9.17, 15) is 9.18 Å². The minimum atomic E-state index is -0.425. The monoisotopic (exact) mass is 230 g/mol. The molecule has 0 aliphatic heterocycles. The maximum absolute atomic E-state index is 13.2. The lowest BCUT2D eigenvalue weighted by Gasteiger charge is -2.05. The molecule has 0 saturated carbocycles. The fraction of sp³-hybridized carbons (Fsp3) is 0.222. The first-order valence-electron chi connectivity index (χ1n) is 3.48. The molecule has 0 unspecified atom stereocenters. The summed E-state index contributed by atoms with van der Waals surface area (Å²) >= 11 is 3.25. The fourth-order valence-corrected chi connectivity index (χ4v) is 1.50. The average Bonchev–Trinajstić information content (AvgIpc) is 2.08. The predicted molar refractivity (Wildman–Crippen MR) is 49.0 cm³/mol. The van der Waals surface area contributed by atoms with Crippen molar-refractivity contribution < 1.29 is 9.18 Å². The van der Waals surface area contributed by atoms with E-state index in [0.29, 0.717) is 11.8 Å². The summed E-state index contributed by atoms with van der Waals surface area (Å²) in [7, 11) is 0. The second-order valence-corrected chi connectivity index (χ2v) is 3.48. The Morgan fingerprint density at radius 3 is 2.50 bits per heavy atom. The Labute approximate surface area is 78.7 Å². The first-order chi connectivity index (χ1) is 5.57. The molecule has 1 aromatic rings. The molecule has 64 valence electrons. The van der Waals surface area contributed by atoms with Crippen LogP contribution in [0.2, 0.25) is 0 Å². The molecule has 0 saturated heterocycles. The van der Waals surface area contributed by atoms with Gasteiger partial charge in [-0.15, -0.1) is 0 Å². The number of hydrogen-bond donors (Lipinski definition) is 0. The number of aldehydes is 1. The van der Waals surface area contributed by atoms with E-state index >= 15 is 0 Å². The molecule has 0 radical (unpaired) electrons. The Hall–Kier alpha value is -0.700. The van der Waals surface area contributed by atoms with Crippen molar-refractivity contribution in [1.29, 1.82) is 0 Å². The van der Waals surface area contributed by atoms with E-state index in [2.05, 4.69) is 15.9 Å². The highest BCUT2D eigenvalue weighted by molar-refractivity contribution is 9.10. The van der Waals surface area contributed by atoms with Crippen LogP contribution in [0.15, 0.2) is 10.5 Å². The lowest BCUT2D eigenvalue weighted by Crippen LogP contribution is -1.95. The molecule has 12 heavy (non-hydrogen) atoms. The number of carbonyl (C=O) groups excluding carboxylic acids is 1. The van der Waals surface area contributed by atoms with Gasteiger partial charge in [0, 0.05) is 4.47 Å². The van der Waals surface area contributed by atoms with Gasteiger partial charge in [-0.3, -0.25) is 4.79 Å². The van der Waals surface area contributed by atoms with Gasteiger partial charge in [0.2, 0.25) is 0 Å². The molecule has 0 aromatic heterocycles. The smallest absolute Gasteiger partial charge is 0.153 e. The molecule has 0 amide bonds. The Balaban J connectivity index is 3.49.